The summed E-state index contributed by atoms with van der Waals surface area (Å²) in [5.41, 5.74) is 0.807. The largest absolute Gasteiger partial charge is 0.329 e. The first-order chi connectivity index (χ1) is 15.8. The Morgan fingerprint density at radius 1 is 1.15 bits per heavy atom. The van der Waals surface area contributed by atoms with Gasteiger partial charge in [-0.25, -0.2) is 9.78 Å². The molecule has 1 aliphatic carbocycles. The van der Waals surface area contributed by atoms with E-state index < -0.39 is 17.2 Å². The molecule has 3 aromatic rings. The number of aryl methyl sites for hydroxylation is 1. The molecule has 1 fully saturated rings. The van der Waals surface area contributed by atoms with Crippen LogP contribution in [0.3, 0.4) is 0 Å². The number of benzene rings is 1. The van der Waals surface area contributed by atoms with Gasteiger partial charge in [0, 0.05) is 29.5 Å². The van der Waals surface area contributed by atoms with E-state index in [0.717, 1.165) is 12.8 Å². The smallest absolute Gasteiger partial charge is 0.326 e. The van der Waals surface area contributed by atoms with Gasteiger partial charge in [-0.1, -0.05) is 26.8 Å². The summed E-state index contributed by atoms with van der Waals surface area (Å²) in [5, 5.41) is 5.74. The lowest BCUT2D eigenvalue weighted by Crippen LogP contribution is -2.32. The zero-order valence-corrected chi connectivity index (χ0v) is 18.9. The molecule has 0 saturated heterocycles. The third-order valence-corrected chi connectivity index (χ3v) is 5.59. The van der Waals surface area contributed by atoms with Crippen LogP contribution >= 0.6 is 0 Å². The van der Waals surface area contributed by atoms with E-state index in [4.69, 9.17) is 0 Å². The van der Waals surface area contributed by atoms with Crippen molar-refractivity contribution < 1.29 is 9.59 Å². The van der Waals surface area contributed by atoms with Gasteiger partial charge in [-0.15, -0.1) is 0 Å². The fraction of sp³-hybridized carbons (Fsp3) is 0.375. The molecule has 0 bridgehead atoms. The van der Waals surface area contributed by atoms with Gasteiger partial charge in [-0.05, 0) is 49.4 Å². The van der Waals surface area contributed by atoms with Crippen molar-refractivity contribution in [2.45, 2.75) is 52.5 Å². The van der Waals surface area contributed by atoms with Gasteiger partial charge in [0.25, 0.3) is 11.5 Å². The van der Waals surface area contributed by atoms with Crippen LogP contribution < -0.4 is 21.9 Å². The van der Waals surface area contributed by atoms with Crippen LogP contribution in [-0.2, 0) is 11.3 Å². The highest BCUT2D eigenvalue weighted by atomic mass is 16.2. The fourth-order valence-electron chi connectivity index (χ4n) is 3.66. The molecule has 2 aromatic heterocycles. The summed E-state index contributed by atoms with van der Waals surface area (Å²) in [5.74, 6) is -0.484. The first-order valence-corrected chi connectivity index (χ1v) is 11.2. The standard InChI is InChI=1S/C24H27N5O4/c1-4-10-29-20-19(23(32)28-24(29)33)17(12-18(27-20)13(2)3)22(31)26-16-7-5-6-15(11-16)25-21(30)14-8-9-14/h5-7,11-14H,4,8-10H2,1-3H3,(H,25,30)(H,26,31)(H,28,32,33). The van der Waals surface area contributed by atoms with Crippen molar-refractivity contribution >= 4 is 34.2 Å². The fourth-order valence-corrected chi connectivity index (χ4v) is 3.66. The van der Waals surface area contributed by atoms with Crippen LogP contribution in [0.1, 0.15) is 62.0 Å². The van der Waals surface area contributed by atoms with E-state index in [0.29, 0.717) is 30.0 Å². The number of fused-ring (bicyclic) bond motifs is 1. The Labute approximate surface area is 190 Å². The number of hydrogen-bond donors (Lipinski definition) is 3. The zero-order valence-electron chi connectivity index (χ0n) is 18.9. The van der Waals surface area contributed by atoms with Crippen molar-refractivity contribution in [3.05, 3.63) is 62.4 Å². The van der Waals surface area contributed by atoms with E-state index in [-0.39, 0.29) is 34.3 Å². The highest BCUT2D eigenvalue weighted by molar-refractivity contribution is 6.12. The number of carbonyl (C=O) groups excluding carboxylic acids is 2. The van der Waals surface area contributed by atoms with Gasteiger partial charge in [0.05, 0.1) is 10.9 Å². The number of aromatic nitrogens is 3. The first kappa shape index (κ1) is 22.4. The Bertz CT molecular complexity index is 1350. The molecular weight excluding hydrogens is 422 g/mol. The molecule has 172 valence electrons. The molecule has 0 radical (unpaired) electrons. The van der Waals surface area contributed by atoms with Gasteiger partial charge >= 0.3 is 5.69 Å². The molecule has 3 N–H and O–H groups in total. The summed E-state index contributed by atoms with van der Waals surface area (Å²) in [7, 11) is 0. The van der Waals surface area contributed by atoms with Crippen molar-refractivity contribution in [2.75, 3.05) is 10.6 Å². The Kier molecular flexibility index (Phi) is 6.13. The number of rotatable bonds is 7. The molecule has 9 nitrogen and oxygen atoms in total. The lowest BCUT2D eigenvalue weighted by Gasteiger charge is -2.15. The maximum atomic E-state index is 13.3. The van der Waals surface area contributed by atoms with Crippen molar-refractivity contribution in [1.82, 2.24) is 14.5 Å². The second kappa shape index (κ2) is 9.01. The molecule has 0 aliphatic heterocycles. The molecular formula is C24H27N5O4. The third-order valence-electron chi connectivity index (χ3n) is 5.59. The normalized spacial score (nSPS) is 13.3. The van der Waals surface area contributed by atoms with Crippen molar-refractivity contribution in [3.63, 3.8) is 0 Å². The van der Waals surface area contributed by atoms with E-state index >= 15 is 0 Å². The highest BCUT2D eigenvalue weighted by Gasteiger charge is 2.29. The monoisotopic (exact) mass is 449 g/mol. The second-order valence-electron chi connectivity index (χ2n) is 8.66. The molecule has 1 aliphatic rings. The minimum atomic E-state index is -0.652. The van der Waals surface area contributed by atoms with Gasteiger partial charge in [0.1, 0.15) is 0 Å². The van der Waals surface area contributed by atoms with E-state index in [9.17, 15) is 19.2 Å². The molecule has 33 heavy (non-hydrogen) atoms. The van der Waals surface area contributed by atoms with Crippen LogP contribution in [0.15, 0.2) is 39.9 Å². The SMILES string of the molecule is CCCn1c(=O)[nH]c(=O)c2c(C(=O)Nc3cccc(NC(=O)C4CC4)c3)cc(C(C)C)nc21. The number of amides is 2. The quantitative estimate of drug-likeness (QED) is 0.511. The molecule has 1 saturated carbocycles. The number of pyridine rings is 1. The Morgan fingerprint density at radius 3 is 2.48 bits per heavy atom. The Balaban J connectivity index is 1.75. The van der Waals surface area contributed by atoms with E-state index in [1.807, 2.05) is 20.8 Å². The van der Waals surface area contributed by atoms with Crippen LogP contribution in [0.5, 0.6) is 0 Å². The van der Waals surface area contributed by atoms with Crippen LogP contribution in [0.4, 0.5) is 11.4 Å². The van der Waals surface area contributed by atoms with E-state index in [2.05, 4.69) is 20.6 Å². The lowest BCUT2D eigenvalue weighted by molar-refractivity contribution is -0.117. The highest BCUT2D eigenvalue weighted by Crippen LogP contribution is 2.30. The number of aromatic amines is 1. The molecule has 4 rings (SSSR count). The number of H-pyrrole nitrogens is 1. The number of nitrogens with one attached hydrogen (secondary N) is 3. The molecule has 0 unspecified atom stereocenters. The average Bonchev–Trinajstić information content (AvgIpc) is 3.61. The third kappa shape index (κ3) is 4.72. The summed E-state index contributed by atoms with van der Waals surface area (Å²) in [6, 6.07) is 8.45. The predicted octanol–water partition coefficient (Wildman–Crippen LogP) is 3.22. The van der Waals surface area contributed by atoms with Gasteiger partial charge in [-0.3, -0.25) is 23.9 Å². The van der Waals surface area contributed by atoms with E-state index in [1.165, 1.54) is 4.57 Å². The minimum absolute atomic E-state index is 0.0219. The predicted molar refractivity (Wildman–Crippen MR) is 127 cm³/mol. The first-order valence-electron chi connectivity index (χ1n) is 11.2. The van der Waals surface area contributed by atoms with Crippen LogP contribution in [0.25, 0.3) is 11.0 Å². The Hall–Kier alpha value is -3.75. The molecule has 9 heteroatoms. The summed E-state index contributed by atoms with van der Waals surface area (Å²) < 4.78 is 1.40. The van der Waals surface area contributed by atoms with Gasteiger partial charge in [0.15, 0.2) is 5.65 Å². The maximum absolute atomic E-state index is 13.3. The van der Waals surface area contributed by atoms with Crippen molar-refractivity contribution in [2.24, 2.45) is 5.92 Å². The van der Waals surface area contributed by atoms with Gasteiger partial charge in [0.2, 0.25) is 5.91 Å². The number of anilines is 2. The zero-order chi connectivity index (χ0) is 23.7. The molecule has 0 atom stereocenters. The topological polar surface area (TPSA) is 126 Å². The van der Waals surface area contributed by atoms with Gasteiger partial charge in [-0.2, -0.15) is 0 Å². The molecule has 2 amide bonds. The summed E-state index contributed by atoms with van der Waals surface area (Å²) in [6.45, 7) is 6.14. The summed E-state index contributed by atoms with van der Waals surface area (Å²) >= 11 is 0. The van der Waals surface area contributed by atoms with Crippen molar-refractivity contribution in [1.29, 1.82) is 0 Å². The Morgan fingerprint density at radius 2 is 1.85 bits per heavy atom. The van der Waals surface area contributed by atoms with Gasteiger partial charge < -0.3 is 10.6 Å². The number of nitrogens with zero attached hydrogens (tertiary/aromatic N) is 2. The van der Waals surface area contributed by atoms with Crippen LogP contribution in [0.2, 0.25) is 0 Å². The van der Waals surface area contributed by atoms with E-state index in [1.54, 1.807) is 30.3 Å². The molecule has 1 aromatic carbocycles. The number of hydrogen-bond acceptors (Lipinski definition) is 5. The molecule has 2 heterocycles. The molecule has 0 spiro atoms. The minimum Gasteiger partial charge on any atom is -0.326 e. The maximum Gasteiger partial charge on any atom is 0.329 e. The summed E-state index contributed by atoms with van der Waals surface area (Å²) in [6.07, 6.45) is 2.45. The second-order valence-corrected chi connectivity index (χ2v) is 8.66. The number of carbonyl (C=O) groups is 2. The average molecular weight is 450 g/mol. The van der Waals surface area contributed by atoms with Crippen LogP contribution in [0, 0.1) is 5.92 Å². The summed E-state index contributed by atoms with van der Waals surface area (Å²) in [4.78, 5) is 57.3. The van der Waals surface area contributed by atoms with Crippen LogP contribution in [-0.4, -0.2) is 26.3 Å². The van der Waals surface area contributed by atoms with Crippen molar-refractivity contribution in [3.8, 4) is 0 Å². The lowest BCUT2D eigenvalue weighted by atomic mass is 10.0.